The Hall–Kier alpha value is -1.99. The second-order valence-electron chi connectivity index (χ2n) is 7.83. The van der Waals surface area contributed by atoms with E-state index in [0.717, 1.165) is 12.8 Å². The number of aliphatic hydroxyl groups excluding tert-OH is 1. The fourth-order valence-corrected chi connectivity index (χ4v) is 4.71. The van der Waals surface area contributed by atoms with Crippen LogP contribution in [0.25, 0.3) is 0 Å². The first-order valence-corrected chi connectivity index (χ1v) is 9.89. The summed E-state index contributed by atoms with van der Waals surface area (Å²) in [6, 6.07) is 3.55. The minimum Gasteiger partial charge on any atom is -0.396 e. The highest BCUT2D eigenvalue weighted by molar-refractivity contribution is 5.94. The van der Waals surface area contributed by atoms with Crippen molar-refractivity contribution in [1.29, 1.82) is 0 Å². The van der Waals surface area contributed by atoms with Gasteiger partial charge in [0.1, 0.15) is 0 Å². The van der Waals surface area contributed by atoms with Crippen molar-refractivity contribution in [3.8, 4) is 0 Å². The van der Waals surface area contributed by atoms with E-state index >= 15 is 0 Å². The summed E-state index contributed by atoms with van der Waals surface area (Å²) < 4.78 is 5.84. The van der Waals surface area contributed by atoms with Crippen molar-refractivity contribution in [3.05, 3.63) is 30.1 Å². The lowest BCUT2D eigenvalue weighted by Gasteiger charge is -2.41. The maximum atomic E-state index is 13.1. The fourth-order valence-electron chi connectivity index (χ4n) is 4.71. The van der Waals surface area contributed by atoms with Crippen LogP contribution in [-0.4, -0.2) is 76.7 Å². The van der Waals surface area contributed by atoms with Crippen LogP contribution >= 0.6 is 0 Å². The molecule has 7 nitrogen and oxygen atoms in total. The van der Waals surface area contributed by atoms with Gasteiger partial charge in [-0.05, 0) is 43.7 Å². The van der Waals surface area contributed by atoms with E-state index in [0.29, 0.717) is 44.6 Å². The number of rotatable bonds is 3. The second-order valence-corrected chi connectivity index (χ2v) is 7.83. The van der Waals surface area contributed by atoms with Crippen LogP contribution in [0.2, 0.25) is 0 Å². The molecule has 7 heteroatoms. The monoisotopic (exact) mass is 373 g/mol. The maximum Gasteiger partial charge on any atom is 0.253 e. The lowest BCUT2D eigenvalue weighted by molar-refractivity contribution is -0.149. The van der Waals surface area contributed by atoms with Crippen molar-refractivity contribution >= 4 is 11.8 Å². The van der Waals surface area contributed by atoms with E-state index in [1.54, 1.807) is 24.5 Å². The van der Waals surface area contributed by atoms with E-state index in [9.17, 15) is 14.7 Å². The zero-order valence-corrected chi connectivity index (χ0v) is 15.5. The summed E-state index contributed by atoms with van der Waals surface area (Å²) >= 11 is 0. The number of piperidine rings is 1. The predicted octanol–water partition coefficient (Wildman–Crippen LogP) is 0.932. The van der Waals surface area contributed by atoms with Crippen molar-refractivity contribution in [2.75, 3.05) is 32.8 Å². The normalized spacial score (nSPS) is 28.9. The fraction of sp³-hybridized carbons (Fsp3) is 0.650. The van der Waals surface area contributed by atoms with Crippen LogP contribution in [0.15, 0.2) is 24.5 Å². The molecule has 3 aliphatic rings. The van der Waals surface area contributed by atoms with Crippen LogP contribution in [0.3, 0.4) is 0 Å². The second kappa shape index (κ2) is 7.94. The van der Waals surface area contributed by atoms with Gasteiger partial charge < -0.3 is 19.6 Å². The number of hydrogen-bond acceptors (Lipinski definition) is 5. The van der Waals surface area contributed by atoms with Crippen molar-refractivity contribution in [2.45, 2.75) is 37.8 Å². The van der Waals surface area contributed by atoms with Crippen molar-refractivity contribution in [1.82, 2.24) is 14.8 Å². The first-order valence-electron chi connectivity index (χ1n) is 9.89. The molecule has 4 rings (SSSR count). The van der Waals surface area contributed by atoms with Crippen LogP contribution in [0, 0.1) is 11.8 Å². The molecule has 1 unspecified atom stereocenters. The average molecular weight is 373 g/mol. The third kappa shape index (κ3) is 3.71. The lowest BCUT2D eigenvalue weighted by atomic mass is 9.93. The van der Waals surface area contributed by atoms with Gasteiger partial charge in [0, 0.05) is 50.1 Å². The number of aliphatic hydroxyl groups is 1. The quantitative estimate of drug-likeness (QED) is 0.852. The van der Waals surface area contributed by atoms with E-state index in [1.807, 2.05) is 9.80 Å². The number of fused-ring (bicyclic) bond motifs is 1. The summed E-state index contributed by atoms with van der Waals surface area (Å²) in [5, 5.41) is 9.46. The number of nitrogens with zero attached hydrogens (tertiary/aromatic N) is 3. The number of amides is 2. The van der Waals surface area contributed by atoms with Gasteiger partial charge in [0.2, 0.25) is 5.91 Å². The maximum absolute atomic E-state index is 13.1. The van der Waals surface area contributed by atoms with Gasteiger partial charge in [-0.15, -0.1) is 0 Å². The predicted molar refractivity (Wildman–Crippen MR) is 97.9 cm³/mol. The van der Waals surface area contributed by atoms with Crippen molar-refractivity contribution in [3.63, 3.8) is 0 Å². The molecule has 3 fully saturated rings. The summed E-state index contributed by atoms with van der Waals surface area (Å²) in [4.78, 5) is 33.5. The topological polar surface area (TPSA) is 83.0 Å². The van der Waals surface area contributed by atoms with Gasteiger partial charge in [-0.2, -0.15) is 0 Å². The van der Waals surface area contributed by atoms with Crippen LogP contribution in [0.5, 0.6) is 0 Å². The number of carbonyl (C=O) groups excluding carboxylic acids is 2. The number of ether oxygens (including phenoxy) is 1. The molecule has 0 spiro atoms. The first-order chi connectivity index (χ1) is 13.2. The molecule has 1 aromatic rings. The average Bonchev–Trinajstić information content (AvgIpc) is 3.17. The Morgan fingerprint density at radius 2 is 1.89 bits per heavy atom. The molecule has 2 aliphatic heterocycles. The molecule has 3 heterocycles. The summed E-state index contributed by atoms with van der Waals surface area (Å²) in [6.45, 7) is 2.58. The van der Waals surface area contributed by atoms with Crippen molar-refractivity contribution < 1.29 is 19.4 Å². The summed E-state index contributed by atoms with van der Waals surface area (Å²) in [6.07, 6.45) is 6.38. The van der Waals surface area contributed by atoms with Crippen LogP contribution < -0.4 is 0 Å². The largest absolute Gasteiger partial charge is 0.396 e. The van der Waals surface area contributed by atoms with Crippen molar-refractivity contribution in [2.24, 2.45) is 11.8 Å². The SMILES string of the molecule is O=C(c1ccncc1)N1CCC(C(=O)N2CCOC3C[C@H](CO)C[C@@H]32)CC1. The van der Waals surface area contributed by atoms with Gasteiger partial charge in [0.25, 0.3) is 5.91 Å². The number of aromatic nitrogens is 1. The zero-order valence-electron chi connectivity index (χ0n) is 15.5. The third-order valence-electron chi connectivity index (χ3n) is 6.23. The van der Waals surface area contributed by atoms with Gasteiger partial charge in [0.15, 0.2) is 0 Å². The highest BCUT2D eigenvalue weighted by atomic mass is 16.5. The molecule has 2 saturated heterocycles. The molecule has 146 valence electrons. The van der Waals surface area contributed by atoms with E-state index in [4.69, 9.17) is 4.74 Å². The van der Waals surface area contributed by atoms with Gasteiger partial charge in [-0.1, -0.05) is 0 Å². The van der Waals surface area contributed by atoms with E-state index in [2.05, 4.69) is 4.98 Å². The molecule has 2 amide bonds. The number of pyridine rings is 1. The van der Waals surface area contributed by atoms with Gasteiger partial charge in [0.05, 0.1) is 18.8 Å². The Labute approximate surface area is 159 Å². The molecule has 0 radical (unpaired) electrons. The summed E-state index contributed by atoms with van der Waals surface area (Å²) in [5.41, 5.74) is 0.645. The third-order valence-corrected chi connectivity index (χ3v) is 6.23. The van der Waals surface area contributed by atoms with Crippen LogP contribution in [-0.2, 0) is 9.53 Å². The van der Waals surface area contributed by atoms with E-state index < -0.39 is 0 Å². The number of morpholine rings is 1. The van der Waals surface area contributed by atoms with Gasteiger partial charge in [-0.25, -0.2) is 0 Å². The zero-order chi connectivity index (χ0) is 18.8. The molecular weight excluding hydrogens is 346 g/mol. The highest BCUT2D eigenvalue weighted by Gasteiger charge is 2.44. The summed E-state index contributed by atoms with van der Waals surface area (Å²) in [5.74, 6) is 0.408. The Bertz CT molecular complexity index is 675. The van der Waals surface area contributed by atoms with Gasteiger partial charge in [-0.3, -0.25) is 14.6 Å². The molecule has 1 saturated carbocycles. The van der Waals surface area contributed by atoms with Crippen LogP contribution in [0.4, 0.5) is 0 Å². The van der Waals surface area contributed by atoms with E-state index in [1.165, 1.54) is 0 Å². The minimum atomic E-state index is -0.0292. The number of likely N-dealkylation sites (tertiary alicyclic amines) is 1. The first kappa shape index (κ1) is 18.4. The smallest absolute Gasteiger partial charge is 0.253 e. The van der Waals surface area contributed by atoms with E-state index in [-0.39, 0.29) is 42.4 Å². The number of hydrogen-bond donors (Lipinski definition) is 1. The van der Waals surface area contributed by atoms with Crippen LogP contribution in [0.1, 0.15) is 36.0 Å². The Morgan fingerprint density at radius 1 is 1.15 bits per heavy atom. The molecule has 27 heavy (non-hydrogen) atoms. The Balaban J connectivity index is 1.35. The molecule has 1 aliphatic carbocycles. The Morgan fingerprint density at radius 3 is 2.59 bits per heavy atom. The standard InChI is InChI=1S/C20H27N3O4/c24-13-14-11-17-18(12-14)27-10-9-23(17)20(26)16-3-7-22(8-4-16)19(25)15-1-5-21-6-2-15/h1-2,5-6,14,16-18,24H,3-4,7-13H2/t14-,17+,18?/m1/s1. The molecular formula is C20H27N3O4. The van der Waals surface area contributed by atoms with Gasteiger partial charge >= 0.3 is 0 Å². The summed E-state index contributed by atoms with van der Waals surface area (Å²) in [7, 11) is 0. The molecule has 3 atom stereocenters. The molecule has 1 aromatic heterocycles. The molecule has 1 N–H and O–H groups in total. The Kier molecular flexibility index (Phi) is 5.41. The molecule has 0 bridgehead atoms. The highest BCUT2D eigenvalue weighted by Crippen LogP contribution is 2.35. The lowest BCUT2D eigenvalue weighted by Crippen LogP contribution is -2.54. The minimum absolute atomic E-state index is 0.0105. The molecule has 0 aromatic carbocycles. The number of carbonyl (C=O) groups is 2.